The van der Waals surface area contributed by atoms with Crippen LogP contribution in [0.15, 0.2) is 42.5 Å². The van der Waals surface area contributed by atoms with Gasteiger partial charge in [-0.1, -0.05) is 63.2 Å². The second-order valence-corrected chi connectivity index (χ2v) is 8.43. The van der Waals surface area contributed by atoms with Crippen LogP contribution < -0.4 is 0 Å². The summed E-state index contributed by atoms with van der Waals surface area (Å²) < 4.78 is 13.7. The van der Waals surface area contributed by atoms with Gasteiger partial charge in [-0.2, -0.15) is 0 Å². The average molecular weight is 416 g/mol. The van der Waals surface area contributed by atoms with E-state index < -0.39 is 11.9 Å². The molecule has 0 aromatic heterocycles. The second kappa shape index (κ2) is 10.5. The number of esters is 1. The summed E-state index contributed by atoms with van der Waals surface area (Å²) in [7, 11) is 0.611. The monoisotopic (exact) mass is 416 g/mol. The van der Waals surface area contributed by atoms with E-state index >= 15 is 0 Å². The largest absolute Gasteiger partial charge is 0.462 e. The van der Waals surface area contributed by atoms with Crippen LogP contribution >= 0.6 is 9.12 Å². The van der Waals surface area contributed by atoms with Crippen LogP contribution in [-0.4, -0.2) is 17.9 Å². The summed E-state index contributed by atoms with van der Waals surface area (Å²) in [6.07, 6.45) is -0.276. The van der Waals surface area contributed by atoms with Crippen LogP contribution in [0.25, 0.3) is 0 Å². The van der Waals surface area contributed by atoms with Crippen LogP contribution in [0.1, 0.15) is 73.1 Å². The standard InChI is InChI=1S/C24H30O3.H3OP/c1-15(2)27-23(26)21(18-11-9-8-10-12-18)22(25)20-16(3)13-19(14-17(20)4)24(5,6)7;1-2/h8-15,21H,1-7H3;2H3. The van der Waals surface area contributed by atoms with E-state index in [1.165, 1.54) is 5.56 Å². The van der Waals surface area contributed by atoms with E-state index in [9.17, 15) is 9.59 Å². The van der Waals surface area contributed by atoms with Crippen LogP contribution in [0.5, 0.6) is 0 Å². The first kappa shape index (κ1) is 24.8. The van der Waals surface area contributed by atoms with Gasteiger partial charge in [-0.25, -0.2) is 0 Å². The average Bonchev–Trinajstić information content (AvgIpc) is 2.62. The lowest BCUT2D eigenvalue weighted by molar-refractivity contribution is -0.147. The highest BCUT2D eigenvalue weighted by molar-refractivity contribution is 7.00. The minimum atomic E-state index is -0.952. The molecule has 2 rings (SSSR count). The maximum Gasteiger partial charge on any atom is 0.321 e. The molecule has 0 aliphatic rings. The predicted octanol–water partition coefficient (Wildman–Crippen LogP) is 5.46. The number of hydrogen-bond acceptors (Lipinski definition) is 4. The fourth-order valence-corrected chi connectivity index (χ4v) is 3.27. The highest BCUT2D eigenvalue weighted by Gasteiger charge is 2.33. The number of benzene rings is 2. The molecule has 2 aromatic carbocycles. The molecular formula is C24H33O4P. The first-order valence-electron chi connectivity index (χ1n) is 9.72. The molecule has 2 aromatic rings. The molecule has 158 valence electrons. The van der Waals surface area contributed by atoms with Crippen molar-refractivity contribution in [1.82, 2.24) is 0 Å². The van der Waals surface area contributed by atoms with E-state index in [1.54, 1.807) is 26.0 Å². The molecule has 0 saturated heterocycles. The third-order valence-electron chi connectivity index (χ3n) is 4.63. The molecule has 0 saturated carbocycles. The van der Waals surface area contributed by atoms with Crippen molar-refractivity contribution in [2.45, 2.75) is 65.9 Å². The molecule has 0 radical (unpaired) electrons. The van der Waals surface area contributed by atoms with Crippen molar-refractivity contribution in [2.24, 2.45) is 0 Å². The van der Waals surface area contributed by atoms with Gasteiger partial charge >= 0.3 is 5.97 Å². The van der Waals surface area contributed by atoms with E-state index in [4.69, 9.17) is 9.30 Å². The number of ether oxygens (including phenoxy) is 1. The molecule has 0 aliphatic heterocycles. The van der Waals surface area contributed by atoms with Crippen molar-refractivity contribution in [3.63, 3.8) is 0 Å². The highest BCUT2D eigenvalue weighted by Crippen LogP contribution is 2.31. The Hall–Kier alpha value is -2.19. The van der Waals surface area contributed by atoms with Gasteiger partial charge in [0.05, 0.1) is 15.2 Å². The van der Waals surface area contributed by atoms with Gasteiger partial charge in [0, 0.05) is 5.56 Å². The number of hydrogen-bond donors (Lipinski definition) is 0. The Kier molecular flexibility index (Phi) is 9.04. The van der Waals surface area contributed by atoms with Crippen LogP contribution in [-0.2, 0) is 19.5 Å². The van der Waals surface area contributed by atoms with Gasteiger partial charge < -0.3 is 9.30 Å². The Labute approximate surface area is 176 Å². The Morgan fingerprint density at radius 3 is 1.83 bits per heavy atom. The van der Waals surface area contributed by atoms with Gasteiger partial charge in [0.15, 0.2) is 5.78 Å². The predicted molar refractivity (Wildman–Crippen MR) is 121 cm³/mol. The summed E-state index contributed by atoms with van der Waals surface area (Å²) in [5.74, 6) is -1.66. The summed E-state index contributed by atoms with van der Waals surface area (Å²) in [5.41, 5.74) is 4.22. The van der Waals surface area contributed by atoms with E-state index in [2.05, 4.69) is 32.9 Å². The van der Waals surface area contributed by atoms with Gasteiger partial charge in [-0.15, -0.1) is 0 Å². The van der Waals surface area contributed by atoms with E-state index in [0.717, 1.165) is 11.1 Å². The van der Waals surface area contributed by atoms with Crippen molar-refractivity contribution in [3.05, 3.63) is 70.3 Å². The highest BCUT2D eigenvalue weighted by atomic mass is 31.0. The molecule has 29 heavy (non-hydrogen) atoms. The summed E-state index contributed by atoms with van der Waals surface area (Å²) in [6, 6.07) is 13.2. The quantitative estimate of drug-likeness (QED) is 0.281. The minimum absolute atomic E-state index is 0.00744. The zero-order chi connectivity index (χ0) is 22.4. The molecule has 0 bridgehead atoms. The zero-order valence-electron chi connectivity index (χ0n) is 18.5. The van der Waals surface area contributed by atoms with Crippen LogP contribution in [0, 0.1) is 13.8 Å². The molecular weight excluding hydrogens is 383 g/mol. The van der Waals surface area contributed by atoms with Gasteiger partial charge in [0.1, 0.15) is 5.92 Å². The van der Waals surface area contributed by atoms with Crippen LogP contribution in [0.4, 0.5) is 0 Å². The zero-order valence-corrected chi connectivity index (χ0v) is 20.0. The maximum absolute atomic E-state index is 13.5. The smallest absolute Gasteiger partial charge is 0.321 e. The van der Waals surface area contributed by atoms with Crippen molar-refractivity contribution >= 4 is 20.9 Å². The third kappa shape index (κ3) is 6.40. The fraction of sp³-hybridized carbons (Fsp3) is 0.417. The molecule has 0 amide bonds. The summed E-state index contributed by atoms with van der Waals surface area (Å²) in [5, 5.41) is 0. The first-order chi connectivity index (χ1) is 13.5. The Bertz CT molecular complexity index is 828. The number of ketones is 1. The molecule has 2 atom stereocenters. The van der Waals surface area contributed by atoms with E-state index in [1.807, 2.05) is 32.0 Å². The van der Waals surface area contributed by atoms with E-state index in [0.29, 0.717) is 20.2 Å². The molecule has 2 unspecified atom stereocenters. The molecule has 0 spiro atoms. The number of rotatable bonds is 5. The second-order valence-electron chi connectivity index (χ2n) is 8.43. The Balaban J connectivity index is 0.00000204. The first-order valence-corrected chi connectivity index (χ1v) is 10.3. The third-order valence-corrected chi connectivity index (χ3v) is 4.63. The number of carbonyl (C=O) groups excluding carboxylic acids is 2. The summed E-state index contributed by atoms with van der Waals surface area (Å²) >= 11 is 0. The molecule has 0 heterocycles. The van der Waals surface area contributed by atoms with Crippen LogP contribution in [0.2, 0.25) is 0 Å². The lowest BCUT2D eigenvalue weighted by atomic mass is 9.81. The van der Waals surface area contributed by atoms with Crippen molar-refractivity contribution in [1.29, 1.82) is 0 Å². The number of aryl methyl sites for hydroxylation is 2. The van der Waals surface area contributed by atoms with Gasteiger partial charge in [0.25, 0.3) is 0 Å². The van der Waals surface area contributed by atoms with Crippen molar-refractivity contribution in [3.8, 4) is 0 Å². The maximum atomic E-state index is 13.5. The number of carbonyl (C=O) groups is 2. The van der Waals surface area contributed by atoms with E-state index in [-0.39, 0.29) is 17.3 Å². The van der Waals surface area contributed by atoms with Gasteiger partial charge in [-0.05, 0) is 55.4 Å². The van der Waals surface area contributed by atoms with Crippen LogP contribution in [0.3, 0.4) is 0 Å². The summed E-state index contributed by atoms with van der Waals surface area (Å²) in [6.45, 7) is 13.9. The Morgan fingerprint density at radius 2 is 1.41 bits per heavy atom. The molecule has 0 fully saturated rings. The van der Waals surface area contributed by atoms with Gasteiger partial charge in [0.2, 0.25) is 0 Å². The molecule has 0 aliphatic carbocycles. The fourth-order valence-electron chi connectivity index (χ4n) is 3.27. The van der Waals surface area contributed by atoms with Gasteiger partial charge in [-0.3, -0.25) is 9.59 Å². The lowest BCUT2D eigenvalue weighted by Gasteiger charge is -2.24. The minimum Gasteiger partial charge on any atom is -0.462 e. The topological polar surface area (TPSA) is 60.4 Å². The molecule has 4 nitrogen and oxygen atoms in total. The van der Waals surface area contributed by atoms with Crippen molar-refractivity contribution < 1.29 is 18.9 Å². The number of Topliss-reactive ketones (excluding diaryl/α,β-unsaturated/α-hetero) is 1. The van der Waals surface area contributed by atoms with Crippen molar-refractivity contribution in [2.75, 3.05) is 0 Å². The normalized spacial score (nSPS) is 12.1. The lowest BCUT2D eigenvalue weighted by Crippen LogP contribution is -2.27. The molecule has 0 N–H and O–H groups in total. The Morgan fingerprint density at radius 1 is 0.931 bits per heavy atom. The summed E-state index contributed by atoms with van der Waals surface area (Å²) in [4.78, 5) is 26.2. The SMILES string of the molecule is Cc1cc(C(C)(C)C)cc(C)c1C(=O)C(C(=O)OC(C)C)c1ccccc1.O=[PH3]. The molecule has 5 heteroatoms.